The van der Waals surface area contributed by atoms with Crippen molar-refractivity contribution in [2.75, 3.05) is 13.1 Å². The Balaban J connectivity index is 1.43. The van der Waals surface area contributed by atoms with E-state index in [1.165, 1.54) is 6.26 Å². The third-order valence-electron chi connectivity index (χ3n) is 5.67. The maximum absolute atomic E-state index is 13.3. The number of ether oxygens (including phenoxy) is 1. The number of benzene rings is 1. The number of piperidine rings is 1. The zero-order chi connectivity index (χ0) is 22.9. The Labute approximate surface area is 187 Å². The number of hydrogen-bond acceptors (Lipinski definition) is 6. The minimum Gasteiger partial charge on any atom is -0.444 e. The summed E-state index contributed by atoms with van der Waals surface area (Å²) in [6.45, 7) is 6.69. The van der Waals surface area contributed by atoms with E-state index in [-0.39, 0.29) is 29.8 Å². The smallest absolute Gasteiger partial charge is 0.410 e. The third kappa shape index (κ3) is 4.93. The van der Waals surface area contributed by atoms with E-state index in [2.05, 4.69) is 11.1 Å². The standard InChI is InChI=1S/C24H28N4O4/c1-24(2,3)32-23(30)27-12-10-19(11-13-27)28(18-8-9-18)22(29)20-15-31-21(26-20)17-6-4-16(14-25)5-7-17/h4-7,15,18-19H,8-13H2,1-3H3. The highest BCUT2D eigenvalue weighted by Gasteiger charge is 2.40. The van der Waals surface area contributed by atoms with Gasteiger partial charge in [-0.25, -0.2) is 9.78 Å². The fourth-order valence-corrected chi connectivity index (χ4v) is 3.96. The van der Waals surface area contributed by atoms with Gasteiger partial charge in [-0.05, 0) is 70.7 Å². The van der Waals surface area contributed by atoms with E-state index >= 15 is 0 Å². The van der Waals surface area contributed by atoms with Gasteiger partial charge >= 0.3 is 6.09 Å². The summed E-state index contributed by atoms with van der Waals surface area (Å²) in [4.78, 5) is 33.8. The Morgan fingerprint density at radius 2 is 1.75 bits per heavy atom. The molecule has 1 aliphatic heterocycles. The number of carbonyl (C=O) groups is 2. The molecule has 1 saturated carbocycles. The number of oxazole rings is 1. The van der Waals surface area contributed by atoms with Crippen molar-refractivity contribution in [3.63, 3.8) is 0 Å². The van der Waals surface area contributed by atoms with E-state index in [0.717, 1.165) is 12.8 Å². The second kappa shape index (κ2) is 8.65. The minimum absolute atomic E-state index is 0.0590. The first-order chi connectivity index (χ1) is 15.2. The second-order valence-corrected chi connectivity index (χ2v) is 9.37. The van der Waals surface area contributed by atoms with Crippen molar-refractivity contribution in [2.24, 2.45) is 0 Å². The SMILES string of the molecule is CC(C)(C)OC(=O)N1CCC(N(C(=O)c2coc(-c3ccc(C#N)cc3)n2)C2CC2)CC1. The van der Waals surface area contributed by atoms with Gasteiger partial charge in [0.05, 0.1) is 11.6 Å². The number of rotatable bonds is 4. The molecular weight excluding hydrogens is 408 g/mol. The molecule has 2 heterocycles. The Hall–Kier alpha value is -3.34. The number of nitrogens with zero attached hydrogens (tertiary/aromatic N) is 4. The fraction of sp³-hybridized carbons (Fsp3) is 0.500. The van der Waals surface area contributed by atoms with Crippen molar-refractivity contribution >= 4 is 12.0 Å². The van der Waals surface area contributed by atoms with Gasteiger partial charge in [0, 0.05) is 30.7 Å². The van der Waals surface area contributed by atoms with Crippen LogP contribution >= 0.6 is 0 Å². The molecule has 1 aliphatic carbocycles. The van der Waals surface area contributed by atoms with Crippen LogP contribution in [-0.4, -0.2) is 57.6 Å². The molecule has 0 spiro atoms. The molecule has 0 bridgehead atoms. The molecule has 1 aromatic carbocycles. The molecule has 32 heavy (non-hydrogen) atoms. The zero-order valence-electron chi connectivity index (χ0n) is 18.7. The van der Waals surface area contributed by atoms with Gasteiger partial charge in [0.1, 0.15) is 11.9 Å². The molecule has 0 atom stereocenters. The number of nitriles is 1. The van der Waals surface area contributed by atoms with Crippen molar-refractivity contribution in [3.8, 4) is 17.5 Å². The lowest BCUT2D eigenvalue weighted by Crippen LogP contribution is -2.50. The number of carbonyl (C=O) groups excluding carboxylic acids is 2. The van der Waals surface area contributed by atoms with E-state index in [1.54, 1.807) is 29.2 Å². The number of hydrogen-bond donors (Lipinski definition) is 0. The molecule has 0 unspecified atom stereocenters. The zero-order valence-corrected chi connectivity index (χ0v) is 18.7. The van der Waals surface area contributed by atoms with Crippen LogP contribution in [0, 0.1) is 11.3 Å². The summed E-state index contributed by atoms with van der Waals surface area (Å²) in [7, 11) is 0. The van der Waals surface area contributed by atoms with Crippen LogP contribution in [0.4, 0.5) is 4.79 Å². The summed E-state index contributed by atoms with van der Waals surface area (Å²) in [6.07, 6.45) is 4.49. The van der Waals surface area contributed by atoms with Crippen molar-refractivity contribution in [1.82, 2.24) is 14.8 Å². The normalized spacial score (nSPS) is 17.0. The van der Waals surface area contributed by atoms with Gasteiger partial charge in [-0.2, -0.15) is 5.26 Å². The van der Waals surface area contributed by atoms with Gasteiger partial charge in [-0.3, -0.25) is 4.79 Å². The van der Waals surface area contributed by atoms with Gasteiger partial charge in [-0.1, -0.05) is 0 Å². The van der Waals surface area contributed by atoms with E-state index in [1.807, 2.05) is 25.7 Å². The van der Waals surface area contributed by atoms with E-state index in [0.29, 0.717) is 42.9 Å². The molecule has 2 aliphatic rings. The van der Waals surface area contributed by atoms with Crippen molar-refractivity contribution in [2.45, 2.75) is 64.1 Å². The highest BCUT2D eigenvalue weighted by atomic mass is 16.6. The van der Waals surface area contributed by atoms with E-state index in [4.69, 9.17) is 14.4 Å². The fourth-order valence-electron chi connectivity index (χ4n) is 3.96. The van der Waals surface area contributed by atoms with Gasteiger partial charge in [0.2, 0.25) is 5.89 Å². The molecule has 2 aromatic rings. The van der Waals surface area contributed by atoms with Gasteiger partial charge < -0.3 is 19.0 Å². The molecular formula is C24H28N4O4. The lowest BCUT2D eigenvalue weighted by molar-refractivity contribution is 0.0141. The molecule has 4 rings (SSSR count). The summed E-state index contributed by atoms with van der Waals surface area (Å²) >= 11 is 0. The highest BCUT2D eigenvalue weighted by Crippen LogP contribution is 2.34. The lowest BCUT2D eigenvalue weighted by Gasteiger charge is -2.38. The Morgan fingerprint density at radius 3 is 2.31 bits per heavy atom. The molecule has 1 aromatic heterocycles. The van der Waals surface area contributed by atoms with Crippen LogP contribution in [0.25, 0.3) is 11.5 Å². The summed E-state index contributed by atoms with van der Waals surface area (Å²) in [5, 5.41) is 8.95. The average molecular weight is 437 g/mol. The number of amides is 2. The molecule has 168 valence electrons. The van der Waals surface area contributed by atoms with Crippen molar-refractivity contribution in [3.05, 3.63) is 41.8 Å². The Kier molecular flexibility index (Phi) is 5.92. The van der Waals surface area contributed by atoms with Crippen LogP contribution in [0.5, 0.6) is 0 Å². The lowest BCUT2D eigenvalue weighted by atomic mass is 10.0. The predicted octanol–water partition coefficient (Wildman–Crippen LogP) is 4.22. The van der Waals surface area contributed by atoms with Crippen molar-refractivity contribution < 1.29 is 18.7 Å². The van der Waals surface area contributed by atoms with Gasteiger partial charge in [0.15, 0.2) is 5.69 Å². The van der Waals surface area contributed by atoms with Crippen LogP contribution in [0.3, 0.4) is 0 Å². The van der Waals surface area contributed by atoms with Gasteiger partial charge in [0.25, 0.3) is 5.91 Å². The third-order valence-corrected chi connectivity index (χ3v) is 5.67. The Bertz CT molecular complexity index is 1020. The highest BCUT2D eigenvalue weighted by molar-refractivity contribution is 5.93. The molecule has 8 nitrogen and oxygen atoms in total. The van der Waals surface area contributed by atoms with Crippen LogP contribution in [0.15, 0.2) is 34.9 Å². The first-order valence-corrected chi connectivity index (χ1v) is 11.0. The quantitative estimate of drug-likeness (QED) is 0.712. The van der Waals surface area contributed by atoms with Crippen LogP contribution < -0.4 is 0 Å². The topological polar surface area (TPSA) is 99.7 Å². The van der Waals surface area contributed by atoms with Gasteiger partial charge in [-0.15, -0.1) is 0 Å². The van der Waals surface area contributed by atoms with Crippen molar-refractivity contribution in [1.29, 1.82) is 5.26 Å². The first kappa shape index (κ1) is 21.9. The Morgan fingerprint density at radius 1 is 1.12 bits per heavy atom. The molecule has 1 saturated heterocycles. The minimum atomic E-state index is -0.524. The largest absolute Gasteiger partial charge is 0.444 e. The van der Waals surface area contributed by atoms with E-state index < -0.39 is 5.60 Å². The number of likely N-dealkylation sites (tertiary alicyclic amines) is 1. The van der Waals surface area contributed by atoms with E-state index in [9.17, 15) is 9.59 Å². The summed E-state index contributed by atoms with van der Waals surface area (Å²) in [5.41, 5.74) is 1.02. The summed E-state index contributed by atoms with van der Waals surface area (Å²) in [6, 6.07) is 9.24. The second-order valence-electron chi connectivity index (χ2n) is 9.37. The summed E-state index contributed by atoms with van der Waals surface area (Å²) in [5.74, 6) is 0.222. The molecule has 2 amide bonds. The maximum atomic E-state index is 13.3. The van der Waals surface area contributed by atoms with Crippen LogP contribution in [0.2, 0.25) is 0 Å². The molecule has 8 heteroatoms. The monoisotopic (exact) mass is 436 g/mol. The molecule has 2 fully saturated rings. The predicted molar refractivity (Wildman–Crippen MR) is 117 cm³/mol. The maximum Gasteiger partial charge on any atom is 0.410 e. The number of aromatic nitrogens is 1. The summed E-state index contributed by atoms with van der Waals surface area (Å²) < 4.78 is 11.0. The molecule has 0 N–H and O–H groups in total. The first-order valence-electron chi connectivity index (χ1n) is 11.0. The average Bonchev–Trinajstić information content (AvgIpc) is 3.47. The van der Waals surface area contributed by atoms with Crippen LogP contribution in [-0.2, 0) is 4.74 Å². The van der Waals surface area contributed by atoms with Crippen LogP contribution in [0.1, 0.15) is 62.5 Å². The molecule has 0 radical (unpaired) electrons.